The number of hydrogen-bond acceptors (Lipinski definition) is 6. The molecule has 8 nitrogen and oxygen atoms in total. The monoisotopic (exact) mass is 435 g/mol. The molecule has 1 saturated heterocycles. The molecule has 0 aromatic carbocycles. The number of pyridine rings is 2. The summed E-state index contributed by atoms with van der Waals surface area (Å²) in [5.74, 6) is 0.637. The van der Waals surface area contributed by atoms with Crippen molar-refractivity contribution in [1.82, 2.24) is 29.5 Å². The van der Waals surface area contributed by atoms with Gasteiger partial charge in [0.15, 0.2) is 0 Å². The normalized spacial score (nSPS) is 19.0. The second kappa shape index (κ2) is 7.99. The summed E-state index contributed by atoms with van der Waals surface area (Å²) in [7, 11) is 0. The third kappa shape index (κ3) is 4.21. The van der Waals surface area contributed by atoms with Crippen molar-refractivity contribution < 1.29 is 9.50 Å². The van der Waals surface area contributed by atoms with Crippen LogP contribution in [0.15, 0.2) is 55.1 Å². The molecule has 9 heteroatoms. The molecule has 0 bridgehead atoms. The zero-order valence-corrected chi connectivity index (χ0v) is 18.0. The highest BCUT2D eigenvalue weighted by Gasteiger charge is 2.26. The van der Waals surface area contributed by atoms with Gasteiger partial charge in [0, 0.05) is 36.6 Å². The lowest BCUT2D eigenvalue weighted by atomic mass is 10.1. The molecule has 0 spiro atoms. The molecule has 2 atom stereocenters. The maximum Gasteiger partial charge on any atom is 0.137 e. The van der Waals surface area contributed by atoms with Crippen molar-refractivity contribution in [2.24, 2.45) is 0 Å². The average molecular weight is 436 g/mol. The summed E-state index contributed by atoms with van der Waals surface area (Å²) < 4.78 is 17.7. The minimum atomic E-state index is -0.934. The number of fused-ring (bicyclic) bond motifs is 1. The van der Waals surface area contributed by atoms with Crippen LogP contribution in [0, 0.1) is 0 Å². The topological polar surface area (TPSA) is 92.3 Å². The molecule has 1 aliphatic heterocycles. The van der Waals surface area contributed by atoms with Crippen LogP contribution in [-0.2, 0) is 6.54 Å². The number of halogens is 1. The Hall–Kier alpha value is -3.30. The van der Waals surface area contributed by atoms with Gasteiger partial charge in [0.25, 0.3) is 0 Å². The zero-order valence-electron chi connectivity index (χ0n) is 18.0. The molecule has 5 heterocycles. The van der Waals surface area contributed by atoms with Crippen molar-refractivity contribution in [3.05, 3.63) is 55.1 Å². The molecular weight excluding hydrogens is 409 g/mol. The standard InChI is InChI=1S/C23H26FN7O/c1-23(2,32)14-30-12-16(8-27-30)15-6-7-22-26-11-20(31(22)13-15)18-4-3-5-21(28-18)29-19-10-25-9-17(19)24/h3-8,11-13,17,19,25,32H,9-10,14H2,1-2H3,(H,28,29)/t17-,19+/m1/s1. The summed E-state index contributed by atoms with van der Waals surface area (Å²) in [5, 5.41) is 20.6. The van der Waals surface area contributed by atoms with Crippen molar-refractivity contribution in [3.8, 4) is 22.5 Å². The van der Waals surface area contributed by atoms with E-state index in [-0.39, 0.29) is 6.04 Å². The van der Waals surface area contributed by atoms with E-state index in [1.54, 1.807) is 30.9 Å². The Bertz CT molecular complexity index is 1240. The predicted molar refractivity (Wildman–Crippen MR) is 121 cm³/mol. The van der Waals surface area contributed by atoms with Gasteiger partial charge < -0.3 is 15.7 Å². The van der Waals surface area contributed by atoms with Gasteiger partial charge in [-0.1, -0.05) is 6.07 Å². The molecule has 0 amide bonds. The van der Waals surface area contributed by atoms with E-state index >= 15 is 0 Å². The summed E-state index contributed by atoms with van der Waals surface area (Å²) in [6.07, 6.45) is 6.56. The zero-order chi connectivity index (χ0) is 22.3. The molecule has 0 unspecified atom stereocenters. The smallest absolute Gasteiger partial charge is 0.137 e. The lowest BCUT2D eigenvalue weighted by Crippen LogP contribution is -2.29. The summed E-state index contributed by atoms with van der Waals surface area (Å²) >= 11 is 0. The molecule has 4 aromatic rings. The first-order valence-corrected chi connectivity index (χ1v) is 10.7. The first-order valence-electron chi connectivity index (χ1n) is 10.7. The Morgan fingerprint density at radius 1 is 1.16 bits per heavy atom. The maximum absolute atomic E-state index is 14.0. The van der Waals surface area contributed by atoms with Crippen molar-refractivity contribution >= 4 is 11.5 Å². The van der Waals surface area contributed by atoms with Crippen LogP contribution in [0.25, 0.3) is 28.2 Å². The van der Waals surface area contributed by atoms with Gasteiger partial charge in [0.05, 0.1) is 42.0 Å². The van der Waals surface area contributed by atoms with E-state index in [1.165, 1.54) is 0 Å². The fraction of sp³-hybridized carbons (Fsp3) is 0.348. The average Bonchev–Trinajstić information content (AvgIpc) is 3.47. The highest BCUT2D eigenvalue weighted by molar-refractivity contribution is 5.67. The number of nitrogens with one attached hydrogen (secondary N) is 2. The number of rotatable bonds is 6. The summed E-state index contributed by atoms with van der Waals surface area (Å²) in [4.78, 5) is 9.21. The Morgan fingerprint density at radius 2 is 2.03 bits per heavy atom. The fourth-order valence-electron chi connectivity index (χ4n) is 3.97. The van der Waals surface area contributed by atoms with E-state index in [0.717, 1.165) is 28.2 Å². The second-order valence-electron chi connectivity index (χ2n) is 8.86. The lowest BCUT2D eigenvalue weighted by molar-refractivity contribution is 0.0577. The van der Waals surface area contributed by atoms with Crippen molar-refractivity contribution in [2.75, 3.05) is 18.4 Å². The highest BCUT2D eigenvalue weighted by Crippen LogP contribution is 2.25. The minimum Gasteiger partial charge on any atom is -0.389 e. The van der Waals surface area contributed by atoms with Gasteiger partial charge >= 0.3 is 0 Å². The van der Waals surface area contributed by atoms with Gasteiger partial charge in [0.2, 0.25) is 0 Å². The van der Waals surface area contributed by atoms with Crippen LogP contribution in [0.1, 0.15) is 13.8 Å². The van der Waals surface area contributed by atoms with E-state index < -0.39 is 11.8 Å². The number of alkyl halides is 1. The molecule has 1 fully saturated rings. The number of aliphatic hydroxyl groups is 1. The van der Waals surface area contributed by atoms with Crippen LogP contribution in [0.3, 0.4) is 0 Å². The SMILES string of the molecule is CC(C)(O)Cn1cc(-c2ccc3ncc(-c4cccc(N[C@H]5CNC[C@H]5F)n4)n3c2)cn1. The number of aromatic nitrogens is 5. The van der Waals surface area contributed by atoms with Gasteiger partial charge in [-0.3, -0.25) is 9.08 Å². The van der Waals surface area contributed by atoms with Crippen LogP contribution in [0.5, 0.6) is 0 Å². The summed E-state index contributed by atoms with van der Waals surface area (Å²) in [6.45, 7) is 4.86. The number of imidazole rings is 1. The lowest BCUT2D eigenvalue weighted by Gasteiger charge is -2.16. The van der Waals surface area contributed by atoms with Crippen LogP contribution in [0.2, 0.25) is 0 Å². The third-order valence-electron chi connectivity index (χ3n) is 5.51. The van der Waals surface area contributed by atoms with Gasteiger partial charge in [-0.25, -0.2) is 14.4 Å². The number of hydrogen-bond donors (Lipinski definition) is 3. The molecule has 0 radical (unpaired) electrons. The molecule has 1 aliphatic rings. The molecular formula is C23H26FN7O. The van der Waals surface area contributed by atoms with Gasteiger partial charge in [-0.15, -0.1) is 0 Å². The Labute approximate surface area is 185 Å². The van der Waals surface area contributed by atoms with Gasteiger partial charge in [0.1, 0.15) is 17.6 Å². The summed E-state index contributed by atoms with van der Waals surface area (Å²) in [6, 6.07) is 9.34. The maximum atomic E-state index is 14.0. The fourth-order valence-corrected chi connectivity index (χ4v) is 3.97. The van der Waals surface area contributed by atoms with Crippen molar-refractivity contribution in [2.45, 2.75) is 38.2 Å². The quantitative estimate of drug-likeness (QED) is 0.431. The molecule has 0 saturated carbocycles. The van der Waals surface area contributed by atoms with E-state index in [1.807, 2.05) is 47.1 Å². The Morgan fingerprint density at radius 3 is 2.81 bits per heavy atom. The number of anilines is 1. The molecule has 166 valence electrons. The van der Waals surface area contributed by atoms with Crippen LogP contribution in [0.4, 0.5) is 10.2 Å². The largest absolute Gasteiger partial charge is 0.389 e. The van der Waals surface area contributed by atoms with E-state index in [0.29, 0.717) is 25.5 Å². The predicted octanol–water partition coefficient (Wildman–Crippen LogP) is 2.75. The van der Waals surface area contributed by atoms with Crippen LogP contribution < -0.4 is 10.6 Å². The molecule has 4 aromatic heterocycles. The van der Waals surface area contributed by atoms with Crippen LogP contribution in [-0.4, -0.2) is 60.2 Å². The molecule has 3 N–H and O–H groups in total. The molecule has 32 heavy (non-hydrogen) atoms. The van der Waals surface area contributed by atoms with Crippen LogP contribution >= 0.6 is 0 Å². The second-order valence-corrected chi connectivity index (χ2v) is 8.86. The highest BCUT2D eigenvalue weighted by atomic mass is 19.1. The van der Waals surface area contributed by atoms with Crippen molar-refractivity contribution in [1.29, 1.82) is 0 Å². The summed E-state index contributed by atoms with van der Waals surface area (Å²) in [5.41, 5.74) is 3.48. The first-order chi connectivity index (χ1) is 15.4. The van der Waals surface area contributed by atoms with E-state index in [2.05, 4.69) is 20.7 Å². The van der Waals surface area contributed by atoms with E-state index in [4.69, 9.17) is 4.98 Å². The van der Waals surface area contributed by atoms with Gasteiger partial charge in [-0.2, -0.15) is 5.10 Å². The van der Waals surface area contributed by atoms with Crippen molar-refractivity contribution in [3.63, 3.8) is 0 Å². The third-order valence-corrected chi connectivity index (χ3v) is 5.51. The molecule has 5 rings (SSSR count). The minimum absolute atomic E-state index is 0.285. The Balaban J connectivity index is 1.45. The van der Waals surface area contributed by atoms with Gasteiger partial charge in [-0.05, 0) is 38.1 Å². The number of nitrogens with zero attached hydrogens (tertiary/aromatic N) is 5. The first kappa shape index (κ1) is 20.6. The molecule has 0 aliphatic carbocycles. The van der Waals surface area contributed by atoms with E-state index in [9.17, 15) is 9.50 Å². The Kier molecular flexibility index (Phi) is 5.15.